The molecule has 2 N–H and O–H groups in total. The first-order valence-corrected chi connectivity index (χ1v) is 5.49. The fourth-order valence-corrected chi connectivity index (χ4v) is 2.33. The molecule has 0 saturated carbocycles. The minimum Gasteiger partial charge on any atom is -0.326 e. The van der Waals surface area contributed by atoms with Crippen molar-refractivity contribution in [3.63, 3.8) is 0 Å². The standard InChI is InChI=1S/C15H13N.BrH/c16-10-15-13-7-3-1-5-11(13)9-12-6-2-4-8-14(12)15;/h1-9H,10,16H2;1H. The van der Waals surface area contributed by atoms with Crippen molar-refractivity contribution < 1.29 is 0 Å². The van der Waals surface area contributed by atoms with Crippen molar-refractivity contribution >= 4 is 38.5 Å². The van der Waals surface area contributed by atoms with E-state index in [2.05, 4.69) is 54.6 Å². The third-order valence-corrected chi connectivity index (χ3v) is 3.09. The maximum absolute atomic E-state index is 5.88. The van der Waals surface area contributed by atoms with Gasteiger partial charge in [-0.25, -0.2) is 0 Å². The summed E-state index contributed by atoms with van der Waals surface area (Å²) < 4.78 is 0. The van der Waals surface area contributed by atoms with E-state index >= 15 is 0 Å². The van der Waals surface area contributed by atoms with Crippen LogP contribution in [0.2, 0.25) is 0 Å². The van der Waals surface area contributed by atoms with Gasteiger partial charge in [-0.3, -0.25) is 0 Å². The molecule has 0 amide bonds. The van der Waals surface area contributed by atoms with Crippen LogP contribution >= 0.6 is 17.0 Å². The van der Waals surface area contributed by atoms with Gasteiger partial charge in [0.05, 0.1) is 0 Å². The van der Waals surface area contributed by atoms with E-state index in [-0.39, 0.29) is 17.0 Å². The second-order valence-electron chi connectivity index (χ2n) is 4.00. The Morgan fingerprint density at radius 1 is 0.765 bits per heavy atom. The maximum Gasteiger partial charge on any atom is 0.0190 e. The molecule has 0 radical (unpaired) electrons. The summed E-state index contributed by atoms with van der Waals surface area (Å²) in [5.41, 5.74) is 7.13. The van der Waals surface area contributed by atoms with E-state index in [9.17, 15) is 0 Å². The average molecular weight is 288 g/mol. The summed E-state index contributed by atoms with van der Waals surface area (Å²) in [5.74, 6) is 0. The Bertz CT molecular complexity index is 607. The topological polar surface area (TPSA) is 26.0 Å². The van der Waals surface area contributed by atoms with Gasteiger partial charge in [-0.2, -0.15) is 0 Å². The SMILES string of the molecule is Br.NCc1c2ccccc2cc2ccccc12. The third-order valence-electron chi connectivity index (χ3n) is 3.09. The molecule has 3 aromatic rings. The number of halogens is 1. The molecule has 0 aliphatic rings. The highest BCUT2D eigenvalue weighted by Crippen LogP contribution is 2.27. The molecule has 0 bridgehead atoms. The van der Waals surface area contributed by atoms with Crippen LogP contribution in [0.15, 0.2) is 54.6 Å². The second-order valence-corrected chi connectivity index (χ2v) is 4.00. The lowest BCUT2D eigenvalue weighted by atomic mass is 9.97. The first kappa shape index (κ1) is 12.1. The quantitative estimate of drug-likeness (QED) is 0.672. The summed E-state index contributed by atoms with van der Waals surface area (Å²) in [6.07, 6.45) is 0. The highest BCUT2D eigenvalue weighted by molar-refractivity contribution is 8.93. The molecular formula is C15H14BrN. The van der Waals surface area contributed by atoms with E-state index in [0.717, 1.165) is 0 Å². The van der Waals surface area contributed by atoms with Crippen LogP contribution in [0, 0.1) is 0 Å². The number of rotatable bonds is 1. The Kier molecular flexibility index (Phi) is 3.46. The Morgan fingerprint density at radius 3 is 1.71 bits per heavy atom. The van der Waals surface area contributed by atoms with Crippen molar-refractivity contribution in [3.8, 4) is 0 Å². The number of nitrogens with two attached hydrogens (primary N) is 1. The fourth-order valence-electron chi connectivity index (χ4n) is 2.33. The smallest absolute Gasteiger partial charge is 0.0190 e. The van der Waals surface area contributed by atoms with Crippen molar-refractivity contribution in [1.82, 2.24) is 0 Å². The normalized spacial score (nSPS) is 10.4. The van der Waals surface area contributed by atoms with E-state index in [1.807, 2.05) is 0 Å². The number of hydrogen-bond acceptors (Lipinski definition) is 1. The van der Waals surface area contributed by atoms with E-state index in [1.54, 1.807) is 0 Å². The van der Waals surface area contributed by atoms with Crippen LogP contribution in [0.5, 0.6) is 0 Å². The monoisotopic (exact) mass is 287 g/mol. The van der Waals surface area contributed by atoms with Crippen molar-refractivity contribution in [2.24, 2.45) is 5.73 Å². The van der Waals surface area contributed by atoms with Gasteiger partial charge < -0.3 is 5.73 Å². The van der Waals surface area contributed by atoms with Crippen molar-refractivity contribution in [1.29, 1.82) is 0 Å². The molecule has 2 heteroatoms. The van der Waals surface area contributed by atoms with Gasteiger partial charge in [0.25, 0.3) is 0 Å². The average Bonchev–Trinajstić information content (AvgIpc) is 2.36. The molecule has 0 heterocycles. The van der Waals surface area contributed by atoms with Gasteiger partial charge in [0.1, 0.15) is 0 Å². The van der Waals surface area contributed by atoms with Crippen LogP contribution in [0.25, 0.3) is 21.5 Å². The molecule has 0 spiro atoms. The van der Waals surface area contributed by atoms with Crippen LogP contribution in [0.1, 0.15) is 5.56 Å². The molecule has 0 saturated heterocycles. The van der Waals surface area contributed by atoms with Gasteiger partial charge in [0.15, 0.2) is 0 Å². The molecule has 0 aliphatic heterocycles. The summed E-state index contributed by atoms with van der Waals surface area (Å²) in [6, 6.07) is 19.1. The molecule has 0 unspecified atom stereocenters. The number of hydrogen-bond donors (Lipinski definition) is 1. The molecule has 17 heavy (non-hydrogen) atoms. The Balaban J connectivity index is 0.00000108. The molecule has 0 fully saturated rings. The van der Waals surface area contributed by atoms with Crippen LogP contribution in [0.4, 0.5) is 0 Å². The minimum absolute atomic E-state index is 0. The summed E-state index contributed by atoms with van der Waals surface area (Å²) in [5, 5.41) is 5.07. The maximum atomic E-state index is 5.88. The number of benzene rings is 3. The lowest BCUT2D eigenvalue weighted by Crippen LogP contribution is -1.98. The summed E-state index contributed by atoms with van der Waals surface area (Å²) >= 11 is 0. The Morgan fingerprint density at radius 2 is 1.24 bits per heavy atom. The molecule has 0 aliphatic carbocycles. The minimum atomic E-state index is 0. The van der Waals surface area contributed by atoms with E-state index in [1.165, 1.54) is 27.1 Å². The van der Waals surface area contributed by atoms with E-state index in [0.29, 0.717) is 6.54 Å². The van der Waals surface area contributed by atoms with Crippen LogP contribution < -0.4 is 5.73 Å². The first-order valence-electron chi connectivity index (χ1n) is 5.49. The van der Waals surface area contributed by atoms with Gasteiger partial charge in [0, 0.05) is 6.54 Å². The number of fused-ring (bicyclic) bond motifs is 2. The summed E-state index contributed by atoms with van der Waals surface area (Å²) in [7, 11) is 0. The largest absolute Gasteiger partial charge is 0.326 e. The van der Waals surface area contributed by atoms with E-state index in [4.69, 9.17) is 5.73 Å². The molecular weight excluding hydrogens is 274 g/mol. The van der Waals surface area contributed by atoms with Gasteiger partial charge in [-0.05, 0) is 33.2 Å². The summed E-state index contributed by atoms with van der Waals surface area (Å²) in [4.78, 5) is 0. The van der Waals surface area contributed by atoms with Gasteiger partial charge in [-0.1, -0.05) is 48.5 Å². The van der Waals surface area contributed by atoms with Gasteiger partial charge in [0.2, 0.25) is 0 Å². The van der Waals surface area contributed by atoms with Crippen LogP contribution in [-0.4, -0.2) is 0 Å². The highest BCUT2D eigenvalue weighted by atomic mass is 79.9. The van der Waals surface area contributed by atoms with Crippen molar-refractivity contribution in [3.05, 3.63) is 60.2 Å². The van der Waals surface area contributed by atoms with E-state index < -0.39 is 0 Å². The highest BCUT2D eigenvalue weighted by Gasteiger charge is 2.04. The Hall–Kier alpha value is -1.38. The van der Waals surface area contributed by atoms with Crippen molar-refractivity contribution in [2.45, 2.75) is 6.54 Å². The van der Waals surface area contributed by atoms with Gasteiger partial charge in [-0.15, -0.1) is 17.0 Å². The second kappa shape index (κ2) is 4.86. The molecule has 1 nitrogen and oxygen atoms in total. The fraction of sp³-hybridized carbons (Fsp3) is 0.0667. The lowest BCUT2D eigenvalue weighted by Gasteiger charge is -2.09. The molecule has 0 aromatic heterocycles. The molecule has 3 aromatic carbocycles. The molecule has 86 valence electrons. The zero-order chi connectivity index (χ0) is 11.0. The third kappa shape index (κ3) is 1.94. The summed E-state index contributed by atoms with van der Waals surface area (Å²) in [6.45, 7) is 0.585. The zero-order valence-electron chi connectivity index (χ0n) is 9.39. The van der Waals surface area contributed by atoms with Crippen LogP contribution in [0.3, 0.4) is 0 Å². The van der Waals surface area contributed by atoms with Gasteiger partial charge >= 0.3 is 0 Å². The predicted molar refractivity (Wildman–Crippen MR) is 79.7 cm³/mol. The predicted octanol–water partition coefficient (Wildman–Crippen LogP) is 4.03. The molecule has 3 rings (SSSR count). The van der Waals surface area contributed by atoms with Crippen LogP contribution in [-0.2, 0) is 6.54 Å². The Labute approximate surface area is 111 Å². The first-order chi connectivity index (χ1) is 7.90. The van der Waals surface area contributed by atoms with Crippen molar-refractivity contribution in [2.75, 3.05) is 0 Å². The molecule has 0 atom stereocenters. The lowest BCUT2D eigenvalue weighted by molar-refractivity contribution is 1.10. The zero-order valence-corrected chi connectivity index (χ0v) is 11.1.